The summed E-state index contributed by atoms with van der Waals surface area (Å²) in [4.78, 5) is 25.3. The van der Waals surface area contributed by atoms with E-state index < -0.39 is 11.9 Å². The van der Waals surface area contributed by atoms with Crippen LogP contribution in [-0.4, -0.2) is 25.2 Å². The molecule has 28 heavy (non-hydrogen) atoms. The second kappa shape index (κ2) is 10.8. The molecule has 0 saturated heterocycles. The zero-order valence-corrected chi connectivity index (χ0v) is 18.3. The Balaban J connectivity index is 3.04. The Morgan fingerprint density at radius 1 is 0.857 bits per heavy atom. The molecule has 0 bridgehead atoms. The van der Waals surface area contributed by atoms with E-state index in [2.05, 4.69) is 20.8 Å². The molecular weight excluding hydrogens is 352 g/mol. The Labute approximate surface area is 169 Å². The number of allylic oxidation sites excluding steroid dienone is 2. The van der Waals surface area contributed by atoms with Crippen LogP contribution in [0.4, 0.5) is 0 Å². The first-order valence-electron chi connectivity index (χ1n) is 9.82. The van der Waals surface area contributed by atoms with Crippen molar-refractivity contribution in [3.63, 3.8) is 0 Å². The van der Waals surface area contributed by atoms with E-state index in [4.69, 9.17) is 9.47 Å². The lowest BCUT2D eigenvalue weighted by atomic mass is 9.85. The van der Waals surface area contributed by atoms with Crippen LogP contribution in [-0.2, 0) is 14.9 Å². The molecule has 0 aliphatic rings. The van der Waals surface area contributed by atoms with Crippen LogP contribution < -0.4 is 0 Å². The summed E-state index contributed by atoms with van der Waals surface area (Å²) in [5.74, 6) is -0.993. The summed E-state index contributed by atoms with van der Waals surface area (Å²) in [6.45, 7) is 14.6. The summed E-state index contributed by atoms with van der Waals surface area (Å²) < 4.78 is 10.8. The van der Waals surface area contributed by atoms with Gasteiger partial charge < -0.3 is 9.47 Å². The van der Waals surface area contributed by atoms with Gasteiger partial charge in [-0.1, -0.05) is 50.1 Å². The fourth-order valence-electron chi connectivity index (χ4n) is 2.41. The van der Waals surface area contributed by atoms with Crippen molar-refractivity contribution in [1.29, 1.82) is 0 Å². The molecule has 0 fully saturated rings. The van der Waals surface area contributed by atoms with Gasteiger partial charge in [-0.3, -0.25) is 0 Å². The minimum absolute atomic E-state index is 0.151. The standard InChI is InChI=1S/C24H34O4/c1-8-17(3)12-14-27-22(25)20-11-10-19(24(5,6)7)16-21(20)23(26)28-15-13-18(4)9-2/h8-11,16H,12-15H2,1-7H3. The summed E-state index contributed by atoms with van der Waals surface area (Å²) in [6, 6.07) is 5.28. The number of esters is 2. The molecule has 0 N–H and O–H groups in total. The van der Waals surface area contributed by atoms with Gasteiger partial charge in [0.25, 0.3) is 0 Å². The van der Waals surface area contributed by atoms with Gasteiger partial charge >= 0.3 is 11.9 Å². The highest BCUT2D eigenvalue weighted by Gasteiger charge is 2.23. The summed E-state index contributed by atoms with van der Waals surface area (Å²) in [5.41, 5.74) is 3.62. The minimum Gasteiger partial charge on any atom is -0.462 e. The van der Waals surface area contributed by atoms with Crippen LogP contribution in [0.1, 0.15) is 87.6 Å². The van der Waals surface area contributed by atoms with Crippen molar-refractivity contribution in [2.45, 2.75) is 66.7 Å². The maximum atomic E-state index is 12.7. The molecule has 1 aromatic rings. The third kappa shape index (κ3) is 7.34. The number of ether oxygens (including phenoxy) is 2. The number of benzene rings is 1. The predicted molar refractivity (Wildman–Crippen MR) is 114 cm³/mol. The second-order valence-corrected chi connectivity index (χ2v) is 8.05. The monoisotopic (exact) mass is 386 g/mol. The number of hydrogen-bond acceptors (Lipinski definition) is 4. The number of carbonyl (C=O) groups is 2. The van der Waals surface area contributed by atoms with Crippen molar-refractivity contribution < 1.29 is 19.1 Å². The molecule has 0 radical (unpaired) electrons. The molecule has 1 aromatic carbocycles. The van der Waals surface area contributed by atoms with E-state index in [9.17, 15) is 9.59 Å². The van der Waals surface area contributed by atoms with Gasteiger partial charge in [0.15, 0.2) is 0 Å². The topological polar surface area (TPSA) is 52.6 Å². The third-order valence-electron chi connectivity index (χ3n) is 4.77. The normalized spacial score (nSPS) is 12.7. The van der Waals surface area contributed by atoms with Crippen LogP contribution >= 0.6 is 0 Å². The van der Waals surface area contributed by atoms with E-state index in [-0.39, 0.29) is 29.8 Å². The van der Waals surface area contributed by atoms with E-state index in [0.717, 1.165) is 16.7 Å². The van der Waals surface area contributed by atoms with Crippen LogP contribution in [0.3, 0.4) is 0 Å². The Morgan fingerprint density at radius 3 is 1.75 bits per heavy atom. The lowest BCUT2D eigenvalue weighted by molar-refractivity contribution is 0.0461. The van der Waals surface area contributed by atoms with E-state index in [0.29, 0.717) is 12.8 Å². The molecule has 0 unspecified atom stereocenters. The predicted octanol–water partition coefficient (Wildman–Crippen LogP) is 6.01. The minimum atomic E-state index is -0.499. The Bertz CT molecular complexity index is 748. The fraction of sp³-hybridized carbons (Fsp3) is 0.500. The van der Waals surface area contributed by atoms with Crippen molar-refractivity contribution >= 4 is 11.9 Å². The van der Waals surface area contributed by atoms with E-state index in [1.165, 1.54) is 0 Å². The van der Waals surface area contributed by atoms with Gasteiger partial charge in [-0.2, -0.15) is 0 Å². The van der Waals surface area contributed by atoms with E-state index >= 15 is 0 Å². The molecule has 0 saturated carbocycles. The molecule has 0 heterocycles. The molecule has 4 heteroatoms. The Morgan fingerprint density at radius 2 is 1.32 bits per heavy atom. The first kappa shape index (κ1) is 23.7. The molecule has 0 amide bonds. The highest BCUT2D eigenvalue weighted by atomic mass is 16.5. The molecular formula is C24H34O4. The van der Waals surface area contributed by atoms with Crippen molar-refractivity contribution in [3.8, 4) is 0 Å². The smallest absolute Gasteiger partial charge is 0.339 e. The molecule has 0 atom stereocenters. The highest BCUT2D eigenvalue weighted by molar-refractivity contribution is 6.03. The molecule has 154 valence electrons. The van der Waals surface area contributed by atoms with Crippen molar-refractivity contribution in [3.05, 3.63) is 58.2 Å². The van der Waals surface area contributed by atoms with Crippen LogP contribution in [0, 0.1) is 0 Å². The summed E-state index contributed by atoms with van der Waals surface area (Å²) >= 11 is 0. The molecule has 0 aromatic heterocycles. The van der Waals surface area contributed by atoms with Crippen molar-refractivity contribution in [1.82, 2.24) is 0 Å². The van der Waals surface area contributed by atoms with Gasteiger partial charge in [0.2, 0.25) is 0 Å². The number of hydrogen-bond donors (Lipinski definition) is 0. The van der Waals surface area contributed by atoms with Gasteiger partial charge in [0.05, 0.1) is 24.3 Å². The first-order chi connectivity index (χ1) is 13.1. The lowest BCUT2D eigenvalue weighted by Crippen LogP contribution is -2.18. The highest BCUT2D eigenvalue weighted by Crippen LogP contribution is 2.26. The van der Waals surface area contributed by atoms with Gasteiger partial charge in [-0.05, 0) is 50.8 Å². The third-order valence-corrected chi connectivity index (χ3v) is 4.77. The van der Waals surface area contributed by atoms with Gasteiger partial charge in [0.1, 0.15) is 0 Å². The van der Waals surface area contributed by atoms with Crippen LogP contribution in [0.25, 0.3) is 0 Å². The van der Waals surface area contributed by atoms with Gasteiger partial charge in [-0.25, -0.2) is 9.59 Å². The lowest BCUT2D eigenvalue weighted by Gasteiger charge is -2.21. The molecule has 1 rings (SSSR count). The van der Waals surface area contributed by atoms with Crippen LogP contribution in [0.15, 0.2) is 41.5 Å². The zero-order chi connectivity index (χ0) is 21.3. The SMILES string of the molecule is CC=C(C)CCOC(=O)c1ccc(C(C)(C)C)cc1C(=O)OCCC(C)=CC. The number of rotatable bonds is 8. The zero-order valence-electron chi connectivity index (χ0n) is 18.3. The van der Waals surface area contributed by atoms with Crippen molar-refractivity contribution in [2.75, 3.05) is 13.2 Å². The molecule has 0 aliphatic heterocycles. The average molecular weight is 387 g/mol. The molecule has 4 nitrogen and oxygen atoms in total. The van der Waals surface area contributed by atoms with Gasteiger partial charge in [0, 0.05) is 12.8 Å². The van der Waals surface area contributed by atoms with Crippen LogP contribution in [0.2, 0.25) is 0 Å². The summed E-state index contributed by atoms with van der Waals surface area (Å²) in [6.07, 6.45) is 5.32. The first-order valence-corrected chi connectivity index (χ1v) is 9.82. The average Bonchev–Trinajstić information content (AvgIpc) is 2.66. The summed E-state index contributed by atoms with van der Waals surface area (Å²) in [7, 11) is 0. The fourth-order valence-corrected chi connectivity index (χ4v) is 2.41. The van der Waals surface area contributed by atoms with E-state index in [1.807, 2.05) is 45.9 Å². The van der Waals surface area contributed by atoms with Crippen LogP contribution in [0.5, 0.6) is 0 Å². The second-order valence-electron chi connectivity index (χ2n) is 8.05. The largest absolute Gasteiger partial charge is 0.462 e. The maximum Gasteiger partial charge on any atom is 0.339 e. The van der Waals surface area contributed by atoms with Crippen molar-refractivity contribution in [2.24, 2.45) is 0 Å². The number of carbonyl (C=O) groups excluding carboxylic acids is 2. The maximum absolute atomic E-state index is 12.7. The Kier molecular flexibility index (Phi) is 9.17. The summed E-state index contributed by atoms with van der Waals surface area (Å²) in [5, 5.41) is 0. The van der Waals surface area contributed by atoms with Gasteiger partial charge in [-0.15, -0.1) is 0 Å². The molecule has 0 aliphatic carbocycles. The Hall–Kier alpha value is -2.36. The van der Waals surface area contributed by atoms with E-state index in [1.54, 1.807) is 12.1 Å². The molecule has 0 spiro atoms. The quantitative estimate of drug-likeness (QED) is 0.405.